The molecule has 0 rings (SSSR count). The molecule has 0 spiro atoms. The highest BCUT2D eigenvalue weighted by atomic mass is 16.5. The largest absolute Gasteiger partial charge is 0.379 e. The van der Waals surface area contributed by atoms with Crippen LogP contribution in [0.4, 0.5) is 0 Å². The molecule has 0 aromatic carbocycles. The average Bonchev–Trinajstić information content (AvgIpc) is 2.61. The molecule has 0 amide bonds. The Balaban J connectivity index is 3.07. The average molecular weight is 374 g/mol. The predicted octanol–water partition coefficient (Wildman–Crippen LogP) is 5.25. The summed E-state index contributed by atoms with van der Waals surface area (Å²) in [4.78, 5) is 0. The first-order valence-corrected chi connectivity index (χ1v) is 11.4. The van der Waals surface area contributed by atoms with Crippen molar-refractivity contribution in [1.82, 2.24) is 5.32 Å². The molecule has 0 aliphatic heterocycles. The smallest absolute Gasteiger partial charge is 0.151 e. The third kappa shape index (κ3) is 21.9. The molecule has 0 aliphatic rings. The zero-order chi connectivity index (χ0) is 19.3. The molecule has 158 valence electrons. The maximum Gasteiger partial charge on any atom is 0.151 e. The third-order valence-corrected chi connectivity index (χ3v) is 5.10. The van der Waals surface area contributed by atoms with Gasteiger partial charge < -0.3 is 15.3 Å². The van der Waals surface area contributed by atoms with E-state index in [1.807, 2.05) is 0 Å². The number of nitrogens with one attached hydrogen (secondary N) is 1. The molecule has 4 heteroatoms. The van der Waals surface area contributed by atoms with Gasteiger partial charge in [-0.3, -0.25) is 5.32 Å². The van der Waals surface area contributed by atoms with Crippen molar-refractivity contribution in [1.29, 1.82) is 0 Å². The highest BCUT2D eigenvalue weighted by Gasteiger charge is 2.01. The zero-order valence-corrected chi connectivity index (χ0v) is 17.4. The fraction of sp³-hybridized carbons (Fsp3) is 1.00. The second-order valence-corrected chi connectivity index (χ2v) is 7.83. The van der Waals surface area contributed by atoms with Crippen LogP contribution in [0.15, 0.2) is 0 Å². The Kier molecular flexibility index (Phi) is 21.0. The van der Waals surface area contributed by atoms with Gasteiger partial charge in [0.05, 0.1) is 0 Å². The number of hydrogen-bond acceptors (Lipinski definition) is 4. The van der Waals surface area contributed by atoms with Crippen molar-refractivity contribution in [3.05, 3.63) is 0 Å². The second-order valence-electron chi connectivity index (χ2n) is 7.83. The van der Waals surface area contributed by atoms with E-state index in [4.69, 9.17) is 10.2 Å². The first-order valence-electron chi connectivity index (χ1n) is 11.4. The van der Waals surface area contributed by atoms with Crippen molar-refractivity contribution < 1.29 is 15.3 Å². The molecule has 1 unspecified atom stereocenters. The van der Waals surface area contributed by atoms with Crippen LogP contribution < -0.4 is 5.32 Å². The van der Waals surface area contributed by atoms with Crippen molar-refractivity contribution in [2.24, 2.45) is 0 Å². The van der Waals surface area contributed by atoms with Gasteiger partial charge in [0.1, 0.15) is 6.23 Å². The number of hydrogen-bond donors (Lipinski definition) is 4. The lowest BCUT2D eigenvalue weighted by molar-refractivity contribution is -0.0466. The molecule has 0 saturated heterocycles. The summed E-state index contributed by atoms with van der Waals surface area (Å²) in [6.45, 7) is 3.11. The Morgan fingerprint density at radius 2 is 0.923 bits per heavy atom. The van der Waals surface area contributed by atoms with Crippen LogP contribution in [0.2, 0.25) is 0 Å². The van der Waals surface area contributed by atoms with Gasteiger partial charge in [0.25, 0.3) is 0 Å². The first-order chi connectivity index (χ1) is 12.7. The Morgan fingerprint density at radius 3 is 1.31 bits per heavy atom. The van der Waals surface area contributed by atoms with Gasteiger partial charge in [-0.05, 0) is 38.6 Å². The number of unbranched alkanes of at least 4 members (excludes halogenated alkanes) is 14. The normalized spacial score (nSPS) is 12.8. The lowest BCUT2D eigenvalue weighted by Crippen LogP contribution is -2.29. The van der Waals surface area contributed by atoms with Crippen molar-refractivity contribution in [2.75, 3.05) is 6.54 Å². The van der Waals surface area contributed by atoms with Crippen LogP contribution >= 0.6 is 0 Å². The minimum atomic E-state index is -1.12. The highest BCUT2D eigenvalue weighted by Crippen LogP contribution is 2.14. The molecule has 0 fully saturated rings. The van der Waals surface area contributed by atoms with E-state index < -0.39 is 6.29 Å². The van der Waals surface area contributed by atoms with Crippen LogP contribution in [-0.4, -0.2) is 34.4 Å². The van der Waals surface area contributed by atoms with Gasteiger partial charge in [-0.2, -0.15) is 0 Å². The Bertz CT molecular complexity index is 262. The van der Waals surface area contributed by atoms with E-state index in [1.54, 1.807) is 0 Å². The lowest BCUT2D eigenvalue weighted by atomic mass is 10.0. The summed E-state index contributed by atoms with van der Waals surface area (Å²) in [5.41, 5.74) is 0. The summed E-state index contributed by atoms with van der Waals surface area (Å²) in [5, 5.41) is 30.5. The Hall–Kier alpha value is -0.160. The quantitative estimate of drug-likeness (QED) is 0.164. The number of rotatable bonds is 21. The molecule has 4 nitrogen and oxygen atoms in total. The van der Waals surface area contributed by atoms with Gasteiger partial charge in [-0.25, -0.2) is 0 Å². The van der Waals surface area contributed by atoms with Crippen LogP contribution in [0.5, 0.6) is 0 Å². The van der Waals surface area contributed by atoms with E-state index in [2.05, 4.69) is 12.2 Å². The molecule has 0 aliphatic carbocycles. The minimum absolute atomic E-state index is 0.303. The maximum absolute atomic E-state index is 9.77. The van der Waals surface area contributed by atoms with Crippen LogP contribution in [0, 0.1) is 0 Å². The van der Waals surface area contributed by atoms with Gasteiger partial charge in [-0.15, -0.1) is 0 Å². The maximum atomic E-state index is 9.77. The summed E-state index contributed by atoms with van der Waals surface area (Å²) >= 11 is 0. The monoisotopic (exact) mass is 373 g/mol. The van der Waals surface area contributed by atoms with Crippen LogP contribution in [0.3, 0.4) is 0 Å². The topological polar surface area (TPSA) is 72.7 Å². The first kappa shape index (κ1) is 25.8. The highest BCUT2D eigenvalue weighted by molar-refractivity contribution is 4.55. The van der Waals surface area contributed by atoms with Gasteiger partial charge in [-0.1, -0.05) is 90.4 Å². The number of aliphatic hydroxyl groups excluding tert-OH is 2. The molecular weight excluding hydrogens is 326 g/mol. The van der Waals surface area contributed by atoms with Gasteiger partial charge in [0.2, 0.25) is 0 Å². The Labute approximate surface area is 162 Å². The predicted molar refractivity (Wildman–Crippen MR) is 111 cm³/mol. The van der Waals surface area contributed by atoms with Crippen LogP contribution in [-0.2, 0) is 0 Å². The molecule has 26 heavy (non-hydrogen) atoms. The van der Waals surface area contributed by atoms with Gasteiger partial charge in [0.15, 0.2) is 6.29 Å². The molecule has 0 saturated carbocycles. The molecule has 0 aromatic heterocycles. The molecule has 0 heterocycles. The van der Waals surface area contributed by atoms with E-state index in [0.717, 1.165) is 38.6 Å². The van der Waals surface area contributed by atoms with E-state index in [0.29, 0.717) is 6.42 Å². The van der Waals surface area contributed by atoms with Gasteiger partial charge in [0, 0.05) is 0 Å². The molecule has 1 atom stereocenters. The second kappa shape index (κ2) is 21.1. The van der Waals surface area contributed by atoms with E-state index in [1.165, 1.54) is 77.0 Å². The summed E-state index contributed by atoms with van der Waals surface area (Å²) in [6.07, 6.45) is 20.1. The fourth-order valence-electron chi connectivity index (χ4n) is 3.33. The third-order valence-electron chi connectivity index (χ3n) is 5.10. The van der Waals surface area contributed by atoms with E-state index in [-0.39, 0.29) is 6.23 Å². The van der Waals surface area contributed by atoms with Crippen molar-refractivity contribution in [2.45, 2.75) is 135 Å². The van der Waals surface area contributed by atoms with Crippen molar-refractivity contribution >= 4 is 0 Å². The standard InChI is InChI=1S/C22H47NO3/c1-2-3-20-23-21(24)18-16-14-12-10-8-6-4-5-7-9-11-13-15-17-19-22(25)26/h21-26H,2-20H2,1H3. The van der Waals surface area contributed by atoms with E-state index >= 15 is 0 Å². The molecule has 0 aromatic rings. The minimum Gasteiger partial charge on any atom is -0.379 e. The van der Waals surface area contributed by atoms with Gasteiger partial charge >= 0.3 is 0 Å². The molecular formula is C22H47NO3. The van der Waals surface area contributed by atoms with E-state index in [9.17, 15) is 5.11 Å². The lowest BCUT2D eigenvalue weighted by Gasteiger charge is -2.12. The van der Waals surface area contributed by atoms with Crippen LogP contribution in [0.1, 0.15) is 122 Å². The zero-order valence-electron chi connectivity index (χ0n) is 17.4. The molecule has 4 N–H and O–H groups in total. The molecule has 0 bridgehead atoms. The summed E-state index contributed by atoms with van der Waals surface area (Å²) in [5.74, 6) is 0. The van der Waals surface area contributed by atoms with Crippen molar-refractivity contribution in [3.63, 3.8) is 0 Å². The van der Waals surface area contributed by atoms with Crippen LogP contribution in [0.25, 0.3) is 0 Å². The number of aliphatic hydroxyl groups is 3. The summed E-state index contributed by atoms with van der Waals surface area (Å²) < 4.78 is 0. The van der Waals surface area contributed by atoms with Crippen molar-refractivity contribution in [3.8, 4) is 0 Å². The summed E-state index contributed by atoms with van der Waals surface area (Å²) in [7, 11) is 0. The summed E-state index contributed by atoms with van der Waals surface area (Å²) in [6, 6.07) is 0. The molecule has 0 radical (unpaired) electrons. The fourth-order valence-corrected chi connectivity index (χ4v) is 3.33. The SMILES string of the molecule is CCCCNC(O)CCCCCCCCCCCCCCCCC(O)O. The Morgan fingerprint density at radius 1 is 0.538 bits per heavy atom.